The first kappa shape index (κ1) is 24.7. The number of nitrogens with zero attached hydrogens (tertiary/aromatic N) is 7. The Morgan fingerprint density at radius 3 is 2.53 bits per heavy atom. The molecule has 5 heterocycles. The molecule has 3 saturated heterocycles. The molecule has 0 saturated carbocycles. The van der Waals surface area contributed by atoms with Gasteiger partial charge in [0.05, 0.1) is 18.4 Å². The van der Waals surface area contributed by atoms with Crippen LogP contribution in [0.5, 0.6) is 5.88 Å². The predicted molar refractivity (Wildman–Crippen MR) is 135 cm³/mol. The molecule has 2 aromatic rings. The standard InChI is InChI=1S/C25H38N8O3/c1-16(2)24-29-25(36-30-24)31-10-7-18(8-11-31)17(3)35-22-13-27-21(12-28-22)32-14-19(26)20(15-32)33-9-5-4-6-23(33)34/h12-13,16-20H,4-11,14-15,26H2,1-3H3/t17-,19?,20?/m0/s1. The van der Waals surface area contributed by atoms with Crippen LogP contribution in [-0.2, 0) is 4.79 Å². The van der Waals surface area contributed by atoms with Crippen LogP contribution in [0.4, 0.5) is 11.8 Å². The minimum Gasteiger partial charge on any atom is -0.473 e. The van der Waals surface area contributed by atoms with Crippen molar-refractivity contribution in [3.63, 3.8) is 0 Å². The van der Waals surface area contributed by atoms with E-state index < -0.39 is 0 Å². The van der Waals surface area contributed by atoms with Crippen molar-refractivity contribution < 1.29 is 14.1 Å². The van der Waals surface area contributed by atoms with Crippen molar-refractivity contribution in [2.45, 2.75) is 77.0 Å². The van der Waals surface area contributed by atoms with E-state index in [9.17, 15) is 4.79 Å². The molecular weight excluding hydrogens is 460 g/mol. The maximum Gasteiger partial charge on any atom is 0.324 e. The number of carbonyl (C=O) groups is 1. The molecule has 0 spiro atoms. The monoisotopic (exact) mass is 498 g/mol. The van der Waals surface area contributed by atoms with Gasteiger partial charge in [-0.3, -0.25) is 4.79 Å². The minimum absolute atomic E-state index is 0.0240. The first-order chi connectivity index (χ1) is 17.4. The summed E-state index contributed by atoms with van der Waals surface area (Å²) in [5, 5.41) is 4.08. The second-order valence-electron chi connectivity index (χ2n) is 10.6. The number of piperidine rings is 2. The third-order valence-electron chi connectivity index (χ3n) is 7.76. The Kier molecular flexibility index (Phi) is 7.27. The van der Waals surface area contributed by atoms with Gasteiger partial charge in [-0.2, -0.15) is 4.98 Å². The number of rotatable bonds is 7. The predicted octanol–water partition coefficient (Wildman–Crippen LogP) is 2.20. The molecule has 0 bridgehead atoms. The molecule has 0 radical (unpaired) electrons. The van der Waals surface area contributed by atoms with Crippen LogP contribution >= 0.6 is 0 Å². The fourth-order valence-corrected chi connectivity index (χ4v) is 5.48. The quantitative estimate of drug-likeness (QED) is 0.607. The van der Waals surface area contributed by atoms with Gasteiger partial charge < -0.3 is 29.7 Å². The maximum absolute atomic E-state index is 12.4. The number of carbonyl (C=O) groups excluding carboxylic acids is 1. The van der Waals surface area contributed by atoms with Crippen molar-refractivity contribution in [1.29, 1.82) is 0 Å². The Hall–Kier alpha value is -2.95. The van der Waals surface area contributed by atoms with Crippen LogP contribution in [0.3, 0.4) is 0 Å². The molecule has 0 aliphatic carbocycles. The first-order valence-corrected chi connectivity index (χ1v) is 13.3. The lowest BCUT2D eigenvalue weighted by Gasteiger charge is -2.34. The molecular formula is C25H38N8O3. The van der Waals surface area contributed by atoms with Gasteiger partial charge in [0, 0.05) is 51.1 Å². The van der Waals surface area contributed by atoms with E-state index in [0.29, 0.717) is 37.3 Å². The molecule has 11 nitrogen and oxygen atoms in total. The Labute approximate surface area is 212 Å². The zero-order valence-corrected chi connectivity index (χ0v) is 21.5. The largest absolute Gasteiger partial charge is 0.473 e. The zero-order chi connectivity index (χ0) is 25.2. The van der Waals surface area contributed by atoms with Gasteiger partial charge in [0.15, 0.2) is 5.82 Å². The number of likely N-dealkylation sites (tertiary alicyclic amines) is 1. The summed E-state index contributed by atoms with van der Waals surface area (Å²) >= 11 is 0. The van der Waals surface area contributed by atoms with Gasteiger partial charge in [0.1, 0.15) is 11.9 Å². The average Bonchev–Trinajstić information content (AvgIpc) is 3.53. The number of aromatic nitrogens is 4. The van der Waals surface area contributed by atoms with Gasteiger partial charge in [-0.15, -0.1) is 0 Å². The number of hydrogen-bond donors (Lipinski definition) is 1. The average molecular weight is 499 g/mol. The highest BCUT2D eigenvalue weighted by molar-refractivity contribution is 5.77. The van der Waals surface area contributed by atoms with Crippen molar-refractivity contribution in [2.75, 3.05) is 42.5 Å². The van der Waals surface area contributed by atoms with Gasteiger partial charge in [-0.25, -0.2) is 9.97 Å². The van der Waals surface area contributed by atoms with Crippen LogP contribution in [0.25, 0.3) is 0 Å². The molecule has 5 rings (SSSR count). The van der Waals surface area contributed by atoms with E-state index >= 15 is 0 Å². The Morgan fingerprint density at radius 2 is 1.86 bits per heavy atom. The Morgan fingerprint density at radius 1 is 1.06 bits per heavy atom. The van der Waals surface area contributed by atoms with Crippen molar-refractivity contribution >= 4 is 17.7 Å². The van der Waals surface area contributed by atoms with Crippen LogP contribution in [0.2, 0.25) is 0 Å². The van der Waals surface area contributed by atoms with E-state index in [4.69, 9.17) is 15.0 Å². The Bertz CT molecular complexity index is 1020. The van der Waals surface area contributed by atoms with E-state index in [1.807, 2.05) is 4.90 Å². The van der Waals surface area contributed by atoms with Crippen LogP contribution in [0.1, 0.15) is 64.6 Å². The topological polar surface area (TPSA) is 127 Å². The normalized spacial score (nSPS) is 24.6. The first-order valence-electron chi connectivity index (χ1n) is 13.3. The van der Waals surface area contributed by atoms with Crippen molar-refractivity contribution in [3.8, 4) is 5.88 Å². The highest BCUT2D eigenvalue weighted by atomic mass is 16.5. The summed E-state index contributed by atoms with van der Waals surface area (Å²) in [7, 11) is 0. The SMILES string of the molecule is CC(C)c1noc(N2CCC([C@H](C)Oc3cnc(N4CC(N)C(N5CCCCC5=O)C4)cn3)CC2)n1. The smallest absolute Gasteiger partial charge is 0.324 e. The van der Waals surface area contributed by atoms with Crippen LogP contribution in [0.15, 0.2) is 16.9 Å². The number of nitrogens with two attached hydrogens (primary N) is 1. The number of amides is 1. The van der Waals surface area contributed by atoms with Crippen molar-refractivity contribution in [1.82, 2.24) is 25.0 Å². The van der Waals surface area contributed by atoms with E-state index in [1.54, 1.807) is 12.4 Å². The Balaban J connectivity index is 1.12. The summed E-state index contributed by atoms with van der Waals surface area (Å²) in [5.74, 6) is 2.93. The van der Waals surface area contributed by atoms with Gasteiger partial charge in [-0.1, -0.05) is 19.0 Å². The summed E-state index contributed by atoms with van der Waals surface area (Å²) in [4.78, 5) is 32.2. The zero-order valence-electron chi connectivity index (χ0n) is 21.5. The number of ether oxygens (including phenoxy) is 1. The fourth-order valence-electron chi connectivity index (χ4n) is 5.48. The molecule has 3 fully saturated rings. The second kappa shape index (κ2) is 10.6. The molecule has 2 aromatic heterocycles. The highest BCUT2D eigenvalue weighted by Gasteiger charge is 2.38. The molecule has 0 aromatic carbocycles. The highest BCUT2D eigenvalue weighted by Crippen LogP contribution is 2.28. The van der Waals surface area contributed by atoms with E-state index in [2.05, 4.69) is 50.7 Å². The third kappa shape index (κ3) is 5.25. The van der Waals surface area contributed by atoms with Gasteiger partial charge in [0.25, 0.3) is 0 Å². The molecule has 196 valence electrons. The molecule has 36 heavy (non-hydrogen) atoms. The second-order valence-corrected chi connectivity index (χ2v) is 10.6. The number of hydrogen-bond acceptors (Lipinski definition) is 10. The lowest BCUT2D eigenvalue weighted by molar-refractivity contribution is -0.135. The van der Waals surface area contributed by atoms with Crippen molar-refractivity contribution in [2.24, 2.45) is 11.7 Å². The molecule has 2 N–H and O–H groups in total. The van der Waals surface area contributed by atoms with Crippen molar-refractivity contribution in [3.05, 3.63) is 18.2 Å². The summed E-state index contributed by atoms with van der Waals surface area (Å²) in [6.07, 6.45) is 8.08. The number of anilines is 2. The fraction of sp³-hybridized carbons (Fsp3) is 0.720. The molecule has 3 aliphatic heterocycles. The van der Waals surface area contributed by atoms with E-state index in [0.717, 1.165) is 57.0 Å². The molecule has 3 atom stereocenters. The minimum atomic E-state index is -0.0835. The summed E-state index contributed by atoms with van der Waals surface area (Å²) < 4.78 is 11.6. The van der Waals surface area contributed by atoms with Gasteiger partial charge >= 0.3 is 6.01 Å². The van der Waals surface area contributed by atoms with Gasteiger partial charge in [0.2, 0.25) is 11.8 Å². The lowest BCUT2D eigenvalue weighted by Crippen LogP contribution is -2.51. The summed E-state index contributed by atoms with van der Waals surface area (Å²) in [6, 6.07) is 0.561. The molecule has 1 amide bonds. The maximum atomic E-state index is 12.4. The summed E-state index contributed by atoms with van der Waals surface area (Å²) in [5.41, 5.74) is 6.41. The third-order valence-corrected chi connectivity index (χ3v) is 7.76. The van der Waals surface area contributed by atoms with Crippen LogP contribution < -0.4 is 20.3 Å². The lowest BCUT2D eigenvalue weighted by atomic mass is 9.92. The van der Waals surface area contributed by atoms with Crippen LogP contribution in [0, 0.1) is 5.92 Å². The molecule has 3 aliphatic rings. The van der Waals surface area contributed by atoms with Gasteiger partial charge in [-0.05, 0) is 38.5 Å². The molecule has 11 heteroatoms. The van der Waals surface area contributed by atoms with Crippen LogP contribution in [-0.4, -0.2) is 81.8 Å². The molecule has 2 unspecified atom stereocenters. The van der Waals surface area contributed by atoms with E-state index in [1.165, 1.54) is 0 Å². The summed E-state index contributed by atoms with van der Waals surface area (Å²) in [6.45, 7) is 10.1. The van der Waals surface area contributed by atoms with E-state index in [-0.39, 0.29) is 30.0 Å².